The van der Waals surface area contributed by atoms with Gasteiger partial charge in [-0.25, -0.2) is 13.1 Å². The molecule has 160 valence electrons. The van der Waals surface area contributed by atoms with Crippen LogP contribution in [0, 0.1) is 10.1 Å². The zero-order valence-electron chi connectivity index (χ0n) is 17.1. The third kappa shape index (κ3) is 3.63. The zero-order valence-corrected chi connectivity index (χ0v) is 17.9. The molecule has 2 aromatic rings. The first-order valence-electron chi connectivity index (χ1n) is 10.1. The van der Waals surface area contributed by atoms with Gasteiger partial charge in [-0.15, -0.1) is 0 Å². The Bertz CT molecular complexity index is 1060. The van der Waals surface area contributed by atoms with Crippen molar-refractivity contribution in [2.75, 3.05) is 29.9 Å². The molecule has 0 unspecified atom stereocenters. The summed E-state index contributed by atoms with van der Waals surface area (Å²) in [5.74, 6) is 0. The van der Waals surface area contributed by atoms with Gasteiger partial charge in [0.15, 0.2) is 0 Å². The van der Waals surface area contributed by atoms with Gasteiger partial charge < -0.3 is 9.80 Å². The van der Waals surface area contributed by atoms with E-state index in [-0.39, 0.29) is 10.6 Å². The summed E-state index contributed by atoms with van der Waals surface area (Å²) < 4.78 is 26.3. The molecule has 0 radical (unpaired) electrons. The van der Waals surface area contributed by atoms with E-state index in [2.05, 4.69) is 40.8 Å². The van der Waals surface area contributed by atoms with Gasteiger partial charge in [0.05, 0.1) is 9.82 Å². The summed E-state index contributed by atoms with van der Waals surface area (Å²) in [5, 5.41) is 11.6. The fourth-order valence-corrected chi connectivity index (χ4v) is 5.48. The SMILES string of the molecule is CNS(=O)(=O)c1ccc(N2CCC(N3c4ccccc4C[C@@H]3C)CC2)c([N+](=O)[O-])c1. The van der Waals surface area contributed by atoms with Crippen LogP contribution in [0.3, 0.4) is 0 Å². The summed E-state index contributed by atoms with van der Waals surface area (Å²) in [4.78, 5) is 15.5. The van der Waals surface area contributed by atoms with Crippen molar-refractivity contribution >= 4 is 27.1 Å². The Hall–Kier alpha value is -2.65. The second kappa shape index (κ2) is 7.88. The van der Waals surface area contributed by atoms with E-state index in [0.29, 0.717) is 30.9 Å². The van der Waals surface area contributed by atoms with Crippen molar-refractivity contribution in [3.8, 4) is 0 Å². The number of nitrogens with one attached hydrogen (secondary N) is 1. The van der Waals surface area contributed by atoms with E-state index in [1.165, 1.54) is 24.4 Å². The third-order valence-electron chi connectivity index (χ3n) is 6.18. The minimum Gasteiger partial charge on any atom is -0.366 e. The van der Waals surface area contributed by atoms with Crippen LogP contribution in [0.1, 0.15) is 25.3 Å². The number of fused-ring (bicyclic) bond motifs is 1. The minimum absolute atomic E-state index is 0.0992. The summed E-state index contributed by atoms with van der Waals surface area (Å²) in [5.41, 5.74) is 2.98. The molecule has 0 spiro atoms. The highest BCUT2D eigenvalue weighted by molar-refractivity contribution is 7.89. The van der Waals surface area contributed by atoms with Crippen molar-refractivity contribution in [2.45, 2.75) is 43.2 Å². The van der Waals surface area contributed by atoms with E-state index in [0.717, 1.165) is 25.3 Å². The average Bonchev–Trinajstić information content (AvgIpc) is 3.09. The van der Waals surface area contributed by atoms with Crippen LogP contribution in [0.25, 0.3) is 0 Å². The number of hydrogen-bond donors (Lipinski definition) is 1. The number of para-hydroxylation sites is 1. The van der Waals surface area contributed by atoms with Gasteiger partial charge in [-0.2, -0.15) is 0 Å². The molecular weight excluding hydrogens is 404 g/mol. The van der Waals surface area contributed by atoms with Gasteiger partial charge in [-0.1, -0.05) is 18.2 Å². The van der Waals surface area contributed by atoms with E-state index in [9.17, 15) is 18.5 Å². The first kappa shape index (κ1) is 20.6. The molecule has 0 aliphatic carbocycles. The Balaban J connectivity index is 1.54. The first-order valence-corrected chi connectivity index (χ1v) is 11.6. The number of hydrogen-bond acceptors (Lipinski definition) is 6. The molecule has 0 amide bonds. The number of piperidine rings is 1. The highest BCUT2D eigenvalue weighted by Gasteiger charge is 2.34. The van der Waals surface area contributed by atoms with Crippen molar-refractivity contribution in [3.63, 3.8) is 0 Å². The minimum atomic E-state index is -3.74. The average molecular weight is 431 g/mol. The molecule has 30 heavy (non-hydrogen) atoms. The van der Waals surface area contributed by atoms with Crippen molar-refractivity contribution in [2.24, 2.45) is 0 Å². The van der Waals surface area contributed by atoms with E-state index in [1.54, 1.807) is 6.07 Å². The molecule has 1 atom stereocenters. The highest BCUT2D eigenvalue weighted by atomic mass is 32.2. The standard InChI is InChI=1S/C21H26N4O4S/c1-15-13-16-5-3-4-6-19(16)24(15)17-9-11-23(12-10-17)20-8-7-18(30(28,29)22-2)14-21(20)25(26)27/h3-8,14-15,17,22H,9-13H2,1-2H3/t15-/m0/s1. The maximum absolute atomic E-state index is 12.0. The molecular formula is C21H26N4O4S. The quantitative estimate of drug-likeness (QED) is 0.579. The number of nitrogens with zero attached hydrogens (tertiary/aromatic N) is 3. The molecule has 9 heteroatoms. The zero-order chi connectivity index (χ0) is 21.5. The van der Waals surface area contributed by atoms with E-state index >= 15 is 0 Å². The maximum atomic E-state index is 12.0. The smallest absolute Gasteiger partial charge is 0.293 e. The van der Waals surface area contributed by atoms with Crippen molar-refractivity contribution in [1.82, 2.24) is 4.72 Å². The van der Waals surface area contributed by atoms with Crippen molar-refractivity contribution in [1.29, 1.82) is 0 Å². The highest BCUT2D eigenvalue weighted by Crippen LogP contribution is 2.38. The summed E-state index contributed by atoms with van der Waals surface area (Å²) in [6, 6.07) is 13.5. The third-order valence-corrected chi connectivity index (χ3v) is 7.59. The first-order chi connectivity index (χ1) is 14.3. The van der Waals surface area contributed by atoms with Crippen LogP contribution in [0.2, 0.25) is 0 Å². The van der Waals surface area contributed by atoms with E-state index in [4.69, 9.17) is 0 Å². The molecule has 0 bridgehead atoms. The van der Waals surface area contributed by atoms with Crippen LogP contribution in [0.4, 0.5) is 17.1 Å². The second-order valence-corrected chi connectivity index (χ2v) is 9.81. The van der Waals surface area contributed by atoms with Crippen LogP contribution in [0.5, 0.6) is 0 Å². The maximum Gasteiger partial charge on any atom is 0.293 e. The lowest BCUT2D eigenvalue weighted by Gasteiger charge is -2.41. The number of sulfonamides is 1. The van der Waals surface area contributed by atoms with Gasteiger partial charge in [-0.05, 0) is 57.0 Å². The Labute approximate surface area is 176 Å². The molecule has 2 aromatic carbocycles. The molecule has 1 saturated heterocycles. The number of nitro benzene ring substituents is 1. The monoisotopic (exact) mass is 430 g/mol. The molecule has 2 aliphatic heterocycles. The molecule has 1 N–H and O–H groups in total. The van der Waals surface area contributed by atoms with Crippen molar-refractivity contribution < 1.29 is 13.3 Å². The van der Waals surface area contributed by atoms with Gasteiger partial charge in [0.2, 0.25) is 10.0 Å². The molecule has 8 nitrogen and oxygen atoms in total. The summed E-state index contributed by atoms with van der Waals surface area (Å²) in [6.07, 6.45) is 2.84. The summed E-state index contributed by atoms with van der Waals surface area (Å²) in [7, 11) is -2.45. The lowest BCUT2D eigenvalue weighted by molar-refractivity contribution is -0.384. The Morgan fingerprint density at radius 3 is 2.47 bits per heavy atom. The van der Waals surface area contributed by atoms with Gasteiger partial charge in [0, 0.05) is 36.9 Å². The second-order valence-electron chi connectivity index (χ2n) is 7.92. The van der Waals surface area contributed by atoms with Crippen LogP contribution >= 0.6 is 0 Å². The molecule has 2 aliphatic rings. The topological polar surface area (TPSA) is 95.8 Å². The van der Waals surface area contributed by atoms with Crippen LogP contribution < -0.4 is 14.5 Å². The molecule has 4 rings (SSSR count). The molecule has 2 heterocycles. The predicted octanol–water partition coefficient (Wildman–Crippen LogP) is 2.92. The van der Waals surface area contributed by atoms with E-state index < -0.39 is 14.9 Å². The number of anilines is 2. The molecule has 0 aromatic heterocycles. The number of nitro groups is 1. The fourth-order valence-electron chi connectivity index (χ4n) is 4.73. The molecule has 0 saturated carbocycles. The Morgan fingerprint density at radius 2 is 1.80 bits per heavy atom. The van der Waals surface area contributed by atoms with Crippen LogP contribution in [-0.4, -0.2) is 45.6 Å². The number of benzene rings is 2. The molecule has 1 fully saturated rings. The Morgan fingerprint density at radius 1 is 1.10 bits per heavy atom. The largest absolute Gasteiger partial charge is 0.366 e. The normalized spacial score (nSPS) is 19.7. The van der Waals surface area contributed by atoms with Gasteiger partial charge in [-0.3, -0.25) is 10.1 Å². The van der Waals surface area contributed by atoms with Crippen LogP contribution in [0.15, 0.2) is 47.4 Å². The Kier molecular flexibility index (Phi) is 5.42. The van der Waals surface area contributed by atoms with Crippen LogP contribution in [-0.2, 0) is 16.4 Å². The van der Waals surface area contributed by atoms with Gasteiger partial charge in [0.1, 0.15) is 5.69 Å². The fraction of sp³-hybridized carbons (Fsp3) is 0.429. The van der Waals surface area contributed by atoms with E-state index in [1.807, 2.05) is 4.90 Å². The van der Waals surface area contributed by atoms with Gasteiger partial charge >= 0.3 is 0 Å². The lowest BCUT2D eigenvalue weighted by Crippen LogP contribution is -2.47. The predicted molar refractivity (Wildman–Crippen MR) is 117 cm³/mol. The van der Waals surface area contributed by atoms with Crippen molar-refractivity contribution in [3.05, 3.63) is 58.1 Å². The lowest BCUT2D eigenvalue weighted by atomic mass is 10.0. The number of rotatable bonds is 5. The summed E-state index contributed by atoms with van der Waals surface area (Å²) in [6.45, 7) is 3.63. The summed E-state index contributed by atoms with van der Waals surface area (Å²) >= 11 is 0. The van der Waals surface area contributed by atoms with Gasteiger partial charge in [0.25, 0.3) is 5.69 Å².